The number of pyridine rings is 1. The smallest absolute Gasteiger partial charge is 0.156 e. The molecule has 0 spiro atoms. The van der Waals surface area contributed by atoms with Gasteiger partial charge in [0.2, 0.25) is 0 Å². The van der Waals surface area contributed by atoms with Crippen molar-refractivity contribution in [2.24, 2.45) is 5.16 Å². The van der Waals surface area contributed by atoms with Crippen LogP contribution in [0.5, 0.6) is 0 Å². The van der Waals surface area contributed by atoms with Gasteiger partial charge in [0, 0.05) is 23.4 Å². The van der Waals surface area contributed by atoms with E-state index in [-0.39, 0.29) is 5.92 Å². The molecular formula is C19H18F2N4OS. The topological polar surface area (TPSA) is 63.3 Å². The second-order valence-electron chi connectivity index (χ2n) is 6.21. The van der Waals surface area contributed by atoms with Crippen molar-refractivity contribution in [3.05, 3.63) is 71.4 Å². The van der Waals surface area contributed by atoms with E-state index in [0.717, 1.165) is 22.3 Å². The first kappa shape index (κ1) is 19.0. The zero-order valence-corrected chi connectivity index (χ0v) is 15.6. The number of nitrogens with zero attached hydrogens (tertiary/aromatic N) is 4. The van der Waals surface area contributed by atoms with Crippen LogP contribution in [0.15, 0.2) is 57.8 Å². The molecule has 0 bridgehead atoms. The lowest BCUT2D eigenvalue weighted by Gasteiger charge is -2.12. The molecule has 0 radical (unpaired) electrons. The van der Waals surface area contributed by atoms with Gasteiger partial charge < -0.3 is 9.77 Å². The Labute approximate surface area is 159 Å². The summed E-state index contributed by atoms with van der Waals surface area (Å²) in [6.45, 7) is 4.41. The first-order valence-corrected chi connectivity index (χ1v) is 9.10. The van der Waals surface area contributed by atoms with Crippen LogP contribution in [0.1, 0.15) is 36.8 Å². The molecule has 1 N–H and O–H groups in total. The van der Waals surface area contributed by atoms with E-state index in [1.165, 1.54) is 30.1 Å². The number of oxime groups is 1. The quantitative estimate of drug-likeness (QED) is 0.378. The molecule has 0 aliphatic heterocycles. The molecule has 0 aliphatic carbocycles. The molecule has 1 aromatic carbocycles. The van der Waals surface area contributed by atoms with E-state index in [1.807, 2.05) is 30.5 Å². The molecule has 0 saturated carbocycles. The highest BCUT2D eigenvalue weighted by molar-refractivity contribution is 7.99. The van der Waals surface area contributed by atoms with E-state index in [1.54, 1.807) is 12.4 Å². The van der Waals surface area contributed by atoms with Crippen molar-refractivity contribution >= 4 is 18.0 Å². The molecule has 0 unspecified atom stereocenters. The summed E-state index contributed by atoms with van der Waals surface area (Å²) in [7, 11) is 0. The third kappa shape index (κ3) is 4.51. The predicted molar refractivity (Wildman–Crippen MR) is 99.5 cm³/mol. The first-order valence-electron chi connectivity index (χ1n) is 8.28. The minimum absolute atomic E-state index is 0.0652. The highest BCUT2D eigenvalue weighted by atomic mass is 32.2. The molecule has 2 heterocycles. The van der Waals surface area contributed by atoms with Crippen molar-refractivity contribution in [3.8, 4) is 0 Å². The number of aromatic nitrogens is 3. The van der Waals surface area contributed by atoms with Gasteiger partial charge in [0.1, 0.15) is 22.9 Å². The molecular weight excluding hydrogens is 370 g/mol. The highest BCUT2D eigenvalue weighted by Gasteiger charge is 2.20. The van der Waals surface area contributed by atoms with Gasteiger partial charge in [0.05, 0.1) is 12.2 Å². The van der Waals surface area contributed by atoms with Crippen molar-refractivity contribution in [2.45, 2.75) is 36.2 Å². The van der Waals surface area contributed by atoms with Crippen LogP contribution in [-0.4, -0.2) is 26.0 Å². The zero-order valence-electron chi connectivity index (χ0n) is 14.8. The molecule has 0 fully saturated rings. The van der Waals surface area contributed by atoms with Crippen LogP contribution in [0.3, 0.4) is 0 Å². The Morgan fingerprint density at radius 1 is 1.19 bits per heavy atom. The molecule has 0 saturated heterocycles. The summed E-state index contributed by atoms with van der Waals surface area (Å²) in [6, 6.07) is 7.13. The molecule has 3 aromatic rings. The van der Waals surface area contributed by atoms with E-state index in [9.17, 15) is 8.78 Å². The Morgan fingerprint density at radius 2 is 1.85 bits per heavy atom. The molecule has 0 aliphatic rings. The van der Waals surface area contributed by atoms with Gasteiger partial charge in [-0.2, -0.15) is 0 Å². The zero-order chi connectivity index (χ0) is 19.4. The van der Waals surface area contributed by atoms with Crippen LogP contribution in [0, 0.1) is 11.6 Å². The second-order valence-corrected chi connectivity index (χ2v) is 7.27. The largest absolute Gasteiger partial charge is 0.411 e. The molecule has 0 amide bonds. The van der Waals surface area contributed by atoms with E-state index in [4.69, 9.17) is 5.21 Å². The summed E-state index contributed by atoms with van der Waals surface area (Å²) in [5.74, 6) is -0.755. The van der Waals surface area contributed by atoms with Gasteiger partial charge in [0.15, 0.2) is 5.82 Å². The van der Waals surface area contributed by atoms with Gasteiger partial charge in [-0.3, -0.25) is 4.98 Å². The minimum atomic E-state index is -0.638. The van der Waals surface area contributed by atoms with E-state index in [0.29, 0.717) is 17.3 Å². The van der Waals surface area contributed by atoms with Gasteiger partial charge >= 0.3 is 0 Å². The van der Waals surface area contributed by atoms with Gasteiger partial charge in [-0.25, -0.2) is 13.8 Å². The van der Waals surface area contributed by atoms with Crippen molar-refractivity contribution in [1.82, 2.24) is 14.5 Å². The lowest BCUT2D eigenvalue weighted by atomic mass is 10.1. The average Bonchev–Trinajstić information content (AvgIpc) is 2.93. The van der Waals surface area contributed by atoms with Crippen LogP contribution in [0.4, 0.5) is 8.78 Å². The monoisotopic (exact) mass is 388 g/mol. The Balaban J connectivity index is 2.10. The Bertz CT molecular complexity index is 938. The summed E-state index contributed by atoms with van der Waals surface area (Å²) >= 11 is 1.22. The highest BCUT2D eigenvalue weighted by Crippen LogP contribution is 2.35. The molecule has 3 rings (SSSR count). The van der Waals surface area contributed by atoms with Crippen LogP contribution in [-0.2, 0) is 6.54 Å². The van der Waals surface area contributed by atoms with Crippen LogP contribution >= 0.6 is 11.8 Å². The third-order valence-electron chi connectivity index (χ3n) is 3.84. The summed E-state index contributed by atoms with van der Waals surface area (Å²) in [6.07, 6.45) is 4.62. The maximum atomic E-state index is 13.6. The minimum Gasteiger partial charge on any atom is -0.411 e. The van der Waals surface area contributed by atoms with Gasteiger partial charge in [0.25, 0.3) is 0 Å². The van der Waals surface area contributed by atoms with Crippen molar-refractivity contribution in [1.29, 1.82) is 0 Å². The molecule has 5 nitrogen and oxygen atoms in total. The number of hydrogen-bond acceptors (Lipinski definition) is 5. The molecule has 2 aromatic heterocycles. The fourth-order valence-electron chi connectivity index (χ4n) is 2.63. The van der Waals surface area contributed by atoms with Gasteiger partial charge in [-0.15, -0.1) is 0 Å². The van der Waals surface area contributed by atoms with Crippen molar-refractivity contribution in [3.63, 3.8) is 0 Å². The summed E-state index contributed by atoms with van der Waals surface area (Å²) < 4.78 is 29.1. The van der Waals surface area contributed by atoms with E-state index >= 15 is 0 Å². The van der Waals surface area contributed by atoms with Crippen LogP contribution in [0.2, 0.25) is 0 Å². The van der Waals surface area contributed by atoms with E-state index < -0.39 is 11.6 Å². The van der Waals surface area contributed by atoms with E-state index in [2.05, 4.69) is 15.1 Å². The van der Waals surface area contributed by atoms with Gasteiger partial charge in [-0.05, 0) is 35.7 Å². The Morgan fingerprint density at radius 3 is 2.44 bits per heavy atom. The number of halogens is 2. The number of rotatable bonds is 6. The Kier molecular flexibility index (Phi) is 5.85. The number of hydrogen-bond donors (Lipinski definition) is 1. The summed E-state index contributed by atoms with van der Waals surface area (Å²) in [5, 5.41) is 12.9. The average molecular weight is 388 g/mol. The lowest BCUT2D eigenvalue weighted by molar-refractivity contribution is 0.321. The SMILES string of the molecule is CC(C)c1nc(C=NO)n(Cc2ccncc2)c1Sc1cc(F)cc(F)c1. The summed E-state index contributed by atoms with van der Waals surface area (Å²) in [5.41, 5.74) is 1.73. The lowest BCUT2D eigenvalue weighted by Crippen LogP contribution is -2.06. The van der Waals surface area contributed by atoms with Crippen molar-refractivity contribution < 1.29 is 14.0 Å². The fraction of sp³-hybridized carbons (Fsp3) is 0.211. The summed E-state index contributed by atoms with van der Waals surface area (Å²) in [4.78, 5) is 9.00. The molecule has 8 heteroatoms. The number of imidazole rings is 1. The number of benzene rings is 1. The fourth-order valence-corrected chi connectivity index (χ4v) is 3.85. The molecule has 0 atom stereocenters. The Hall–Kier alpha value is -2.74. The molecule has 140 valence electrons. The van der Waals surface area contributed by atoms with Crippen LogP contribution < -0.4 is 0 Å². The van der Waals surface area contributed by atoms with Crippen molar-refractivity contribution in [2.75, 3.05) is 0 Å². The predicted octanol–water partition coefficient (Wildman–Crippen LogP) is 4.69. The van der Waals surface area contributed by atoms with Crippen LogP contribution in [0.25, 0.3) is 0 Å². The second kappa shape index (κ2) is 8.30. The first-order chi connectivity index (χ1) is 13.0. The third-order valence-corrected chi connectivity index (χ3v) is 4.93. The maximum absolute atomic E-state index is 13.6. The molecule has 27 heavy (non-hydrogen) atoms. The standard InChI is InChI=1S/C19H18F2N4OS/c1-12(2)18-19(27-16-8-14(20)7-15(21)9-16)25(17(24-18)10-23-26)11-13-3-5-22-6-4-13/h3-10,12,26H,11H2,1-2H3. The normalized spacial score (nSPS) is 11.6. The van der Waals surface area contributed by atoms with Gasteiger partial charge in [-0.1, -0.05) is 30.8 Å². The maximum Gasteiger partial charge on any atom is 0.156 e.